The Bertz CT molecular complexity index is 646. The van der Waals surface area contributed by atoms with Gasteiger partial charge in [-0.25, -0.2) is 0 Å². The van der Waals surface area contributed by atoms with Gasteiger partial charge in [-0.05, 0) is 32.3 Å². The molecule has 3 N–H and O–H groups in total. The van der Waals surface area contributed by atoms with Crippen molar-refractivity contribution in [3.63, 3.8) is 0 Å². The van der Waals surface area contributed by atoms with Gasteiger partial charge in [-0.3, -0.25) is 4.99 Å². The molecule has 5 nitrogen and oxygen atoms in total. The second-order valence-corrected chi connectivity index (χ2v) is 5.44. The van der Waals surface area contributed by atoms with Gasteiger partial charge in [-0.2, -0.15) is 0 Å². The molecule has 0 aliphatic heterocycles. The molecule has 0 bridgehead atoms. The van der Waals surface area contributed by atoms with E-state index in [1.54, 1.807) is 7.11 Å². The molecule has 0 spiro atoms. The van der Waals surface area contributed by atoms with Gasteiger partial charge >= 0.3 is 0 Å². The summed E-state index contributed by atoms with van der Waals surface area (Å²) in [5, 5.41) is 3.09. The summed E-state index contributed by atoms with van der Waals surface area (Å²) < 4.78 is 5.46. The third-order valence-electron chi connectivity index (χ3n) is 3.60. The Kier molecular flexibility index (Phi) is 8.56. The minimum atomic E-state index is 0. The highest BCUT2D eigenvalue weighted by Crippen LogP contribution is 2.28. The Hall–Kier alpha value is -1.80. The number of anilines is 1. The zero-order valence-corrected chi connectivity index (χ0v) is 16.6. The first kappa shape index (κ1) is 20.2. The molecule has 6 heteroatoms. The first-order chi connectivity index (χ1) is 11.1. The van der Waals surface area contributed by atoms with Crippen LogP contribution in [0.5, 0.6) is 5.75 Å². The molecule has 0 fully saturated rings. The zero-order chi connectivity index (χ0) is 16.7. The van der Waals surface area contributed by atoms with Gasteiger partial charge in [0.1, 0.15) is 5.75 Å². The number of ether oxygens (including phenoxy) is 1. The van der Waals surface area contributed by atoms with E-state index in [0.717, 1.165) is 17.0 Å². The number of aliphatic imine (C=N–C) groups is 1. The number of rotatable bonds is 6. The fourth-order valence-electron chi connectivity index (χ4n) is 2.38. The van der Waals surface area contributed by atoms with Gasteiger partial charge in [-0.15, -0.1) is 24.0 Å². The van der Waals surface area contributed by atoms with Gasteiger partial charge in [-0.1, -0.05) is 36.4 Å². The highest BCUT2D eigenvalue weighted by atomic mass is 127. The summed E-state index contributed by atoms with van der Waals surface area (Å²) >= 11 is 0. The number of halogens is 1. The molecular weight excluding hydrogens is 415 g/mol. The molecule has 0 saturated carbocycles. The van der Waals surface area contributed by atoms with Gasteiger partial charge in [0, 0.05) is 11.3 Å². The van der Waals surface area contributed by atoms with Crippen molar-refractivity contribution < 1.29 is 4.74 Å². The van der Waals surface area contributed by atoms with Gasteiger partial charge < -0.3 is 20.7 Å². The minimum absolute atomic E-state index is 0. The number of methoxy groups -OCH3 is 1. The van der Waals surface area contributed by atoms with E-state index in [2.05, 4.69) is 21.3 Å². The molecule has 0 heterocycles. The van der Waals surface area contributed by atoms with E-state index >= 15 is 0 Å². The predicted octanol–water partition coefficient (Wildman–Crippen LogP) is 3.34. The van der Waals surface area contributed by atoms with Gasteiger partial charge in [0.15, 0.2) is 5.96 Å². The number of hydrogen-bond donors (Lipinski definition) is 2. The lowest BCUT2D eigenvalue weighted by molar-refractivity contribution is 0.295. The van der Waals surface area contributed by atoms with Crippen LogP contribution in [0.4, 0.5) is 5.69 Å². The number of para-hydroxylation sites is 2. The average Bonchev–Trinajstić information content (AvgIpc) is 2.56. The number of hydrogen-bond acceptors (Lipinski definition) is 3. The number of likely N-dealkylation sites (N-methyl/N-ethyl adjacent to an activating group) is 1. The highest BCUT2D eigenvalue weighted by molar-refractivity contribution is 14.0. The van der Waals surface area contributed by atoms with Crippen LogP contribution in [-0.2, 0) is 0 Å². The molecule has 1 atom stereocenters. The average molecular weight is 440 g/mol. The quantitative estimate of drug-likeness (QED) is 0.411. The molecule has 2 aromatic carbocycles. The van der Waals surface area contributed by atoms with Crippen molar-refractivity contribution in [3.8, 4) is 5.75 Å². The summed E-state index contributed by atoms with van der Waals surface area (Å²) in [7, 11) is 5.72. The van der Waals surface area contributed by atoms with Crippen molar-refractivity contribution in [2.75, 3.05) is 33.1 Å². The van der Waals surface area contributed by atoms with E-state index in [4.69, 9.17) is 10.5 Å². The van der Waals surface area contributed by atoms with Crippen molar-refractivity contribution in [1.29, 1.82) is 0 Å². The molecule has 0 amide bonds. The molecule has 0 saturated heterocycles. The van der Waals surface area contributed by atoms with E-state index in [1.807, 2.05) is 62.6 Å². The maximum Gasteiger partial charge on any atom is 0.193 e. The van der Waals surface area contributed by atoms with Crippen LogP contribution in [0.1, 0.15) is 11.6 Å². The minimum Gasteiger partial charge on any atom is -0.496 e. The molecule has 2 aromatic rings. The fraction of sp³-hybridized carbons (Fsp3) is 0.278. The van der Waals surface area contributed by atoms with Crippen LogP contribution in [0.3, 0.4) is 0 Å². The third kappa shape index (κ3) is 5.68. The van der Waals surface area contributed by atoms with E-state index in [1.165, 1.54) is 0 Å². The lowest BCUT2D eigenvalue weighted by Crippen LogP contribution is -2.27. The molecule has 1 unspecified atom stereocenters. The molecule has 0 aromatic heterocycles. The summed E-state index contributed by atoms with van der Waals surface area (Å²) in [5.74, 6) is 1.26. The van der Waals surface area contributed by atoms with E-state index in [9.17, 15) is 0 Å². The summed E-state index contributed by atoms with van der Waals surface area (Å²) in [6.45, 7) is 0.541. The molecule has 0 radical (unpaired) electrons. The standard InChI is InChI=1S/C18H24N4O.HI/c1-22(2)16(15-11-7-8-12-17(15)23-3)13-20-18(19)21-14-9-5-4-6-10-14;/h4-12,16H,13H2,1-3H3,(H3,19,20,21);1H. The first-order valence-corrected chi connectivity index (χ1v) is 7.53. The number of guanidine groups is 1. The summed E-state index contributed by atoms with van der Waals surface area (Å²) in [5.41, 5.74) is 8.01. The third-order valence-corrected chi connectivity index (χ3v) is 3.60. The Balaban J connectivity index is 0.00000288. The van der Waals surface area contributed by atoms with Gasteiger partial charge in [0.25, 0.3) is 0 Å². The maximum atomic E-state index is 5.99. The van der Waals surface area contributed by atoms with E-state index in [-0.39, 0.29) is 30.0 Å². The summed E-state index contributed by atoms with van der Waals surface area (Å²) in [4.78, 5) is 6.59. The molecule has 0 aliphatic rings. The van der Waals surface area contributed by atoms with Crippen LogP contribution in [0.15, 0.2) is 59.6 Å². The Morgan fingerprint density at radius 2 is 1.75 bits per heavy atom. The topological polar surface area (TPSA) is 62.9 Å². The van der Waals surface area contributed by atoms with Gasteiger partial charge in [0.05, 0.1) is 19.7 Å². The van der Waals surface area contributed by atoms with E-state index < -0.39 is 0 Å². The molecule has 24 heavy (non-hydrogen) atoms. The lowest BCUT2D eigenvalue weighted by atomic mass is 10.0. The predicted molar refractivity (Wildman–Crippen MR) is 111 cm³/mol. The molecular formula is C18H25IN4O. The summed E-state index contributed by atoms with van der Waals surface area (Å²) in [6, 6.07) is 17.8. The number of nitrogens with one attached hydrogen (secondary N) is 1. The molecule has 130 valence electrons. The number of nitrogens with zero attached hydrogens (tertiary/aromatic N) is 2. The van der Waals surface area contributed by atoms with E-state index in [0.29, 0.717) is 12.5 Å². The second kappa shape index (κ2) is 10.1. The van der Waals surface area contributed by atoms with Crippen LogP contribution < -0.4 is 15.8 Å². The summed E-state index contributed by atoms with van der Waals surface area (Å²) in [6.07, 6.45) is 0. The second-order valence-electron chi connectivity index (χ2n) is 5.44. The van der Waals surface area contributed by atoms with Crippen molar-refractivity contribution >= 4 is 35.6 Å². The lowest BCUT2D eigenvalue weighted by Gasteiger charge is -2.25. The fourth-order valence-corrected chi connectivity index (χ4v) is 2.38. The van der Waals surface area contributed by atoms with Crippen LogP contribution in [0, 0.1) is 0 Å². The normalized spacial score (nSPS) is 12.4. The van der Waals surface area contributed by atoms with Crippen molar-refractivity contribution in [2.45, 2.75) is 6.04 Å². The van der Waals surface area contributed by atoms with Crippen molar-refractivity contribution in [3.05, 3.63) is 60.2 Å². The smallest absolute Gasteiger partial charge is 0.193 e. The number of benzene rings is 2. The van der Waals surface area contributed by atoms with Crippen molar-refractivity contribution in [1.82, 2.24) is 4.90 Å². The molecule has 2 rings (SSSR count). The van der Waals surface area contributed by atoms with Crippen molar-refractivity contribution in [2.24, 2.45) is 10.7 Å². The van der Waals surface area contributed by atoms with Gasteiger partial charge in [0.2, 0.25) is 0 Å². The maximum absolute atomic E-state index is 5.99. The Morgan fingerprint density at radius 1 is 1.12 bits per heavy atom. The SMILES string of the molecule is COc1ccccc1C(CN=C(N)Nc1ccccc1)N(C)C.I. The Morgan fingerprint density at radius 3 is 2.38 bits per heavy atom. The van der Waals surface area contributed by atoms with Crippen LogP contribution in [0.25, 0.3) is 0 Å². The largest absolute Gasteiger partial charge is 0.496 e. The van der Waals surface area contributed by atoms with Crippen LogP contribution >= 0.6 is 24.0 Å². The van der Waals surface area contributed by atoms with Crippen LogP contribution in [0.2, 0.25) is 0 Å². The Labute approximate surface area is 160 Å². The number of nitrogens with two attached hydrogens (primary N) is 1. The first-order valence-electron chi connectivity index (χ1n) is 7.53. The molecule has 0 aliphatic carbocycles. The zero-order valence-electron chi connectivity index (χ0n) is 14.3. The highest BCUT2D eigenvalue weighted by Gasteiger charge is 2.17. The monoisotopic (exact) mass is 440 g/mol. The van der Waals surface area contributed by atoms with Crippen LogP contribution in [-0.4, -0.2) is 38.6 Å².